The number of amides is 2. The number of aryl methyl sites for hydroxylation is 1. The van der Waals surface area contributed by atoms with E-state index in [4.69, 9.17) is 17.0 Å². The molecule has 3 rings (SSSR count). The Balaban J connectivity index is 1.53. The van der Waals surface area contributed by atoms with E-state index in [1.54, 1.807) is 0 Å². The highest BCUT2D eigenvalue weighted by Crippen LogP contribution is 2.14. The minimum atomic E-state index is -0.917. The van der Waals surface area contributed by atoms with Gasteiger partial charge in [0.2, 0.25) is 5.91 Å². The molecule has 1 unspecified atom stereocenters. The van der Waals surface area contributed by atoms with Crippen molar-refractivity contribution in [1.82, 2.24) is 15.5 Å². The zero-order valence-electron chi connectivity index (χ0n) is 18.3. The number of carbonyl (C=O) groups is 3. The normalized spacial score (nSPS) is 15.2. The number of nitrogens with one attached hydrogen (secondary N) is 2. The van der Waals surface area contributed by atoms with Crippen molar-refractivity contribution in [3.05, 3.63) is 75.8 Å². The predicted octanol–water partition coefficient (Wildman–Crippen LogP) is 1.98. The average Bonchev–Trinajstić information content (AvgIpc) is 2.83. The number of hydrogen-bond acceptors (Lipinski definition) is 7. The first-order valence-corrected chi connectivity index (χ1v) is 11.1. The monoisotopic (exact) mass is 484 g/mol. The van der Waals surface area contributed by atoms with E-state index in [2.05, 4.69) is 10.6 Å². The molecule has 0 aromatic heterocycles. The van der Waals surface area contributed by atoms with Crippen molar-refractivity contribution in [3.8, 4) is 0 Å². The van der Waals surface area contributed by atoms with Gasteiger partial charge in [0.25, 0.3) is 11.6 Å². The molecule has 2 aromatic rings. The summed E-state index contributed by atoms with van der Waals surface area (Å²) in [6.07, 6.45) is 1.20. The lowest BCUT2D eigenvalue weighted by Crippen LogP contribution is -2.60. The van der Waals surface area contributed by atoms with Crippen LogP contribution >= 0.6 is 12.2 Å². The Morgan fingerprint density at radius 1 is 1.18 bits per heavy atom. The van der Waals surface area contributed by atoms with Crippen LogP contribution in [-0.4, -0.2) is 58.5 Å². The molecule has 2 amide bonds. The Bertz CT molecular complexity index is 1060. The summed E-state index contributed by atoms with van der Waals surface area (Å²) < 4.78 is 5.29. The molecule has 0 aliphatic carbocycles. The minimum Gasteiger partial charge on any atom is -0.466 e. The van der Waals surface area contributed by atoms with Gasteiger partial charge in [0.05, 0.1) is 18.0 Å². The largest absolute Gasteiger partial charge is 0.466 e. The van der Waals surface area contributed by atoms with Crippen molar-refractivity contribution >= 4 is 40.8 Å². The number of rotatable bonds is 8. The molecule has 1 atom stereocenters. The number of carbonyl (C=O) groups excluding carboxylic acids is 3. The van der Waals surface area contributed by atoms with Crippen LogP contribution in [-0.2, 0) is 20.7 Å². The Morgan fingerprint density at radius 3 is 2.56 bits per heavy atom. The standard InChI is InChI=1S/C23H24N4O6S/c28-20(33-14-4-7-16-5-2-1-3-6-16)15-19-22(30)24-12-13-26(19)23(34)25-21(29)17-8-10-18(11-9-17)27(31)32/h1-3,5-6,8-11,19H,4,7,12-15H2,(H,24,30)(H,25,29,34). The SMILES string of the molecule is O=C(CC1C(=O)NCCN1C(=S)NC(=O)c1ccc([N+](=O)[O-])cc1)OCCCc1ccccc1. The molecule has 2 aromatic carbocycles. The van der Waals surface area contributed by atoms with E-state index in [1.807, 2.05) is 30.3 Å². The summed E-state index contributed by atoms with van der Waals surface area (Å²) in [7, 11) is 0. The molecule has 1 heterocycles. The first kappa shape index (κ1) is 24.8. The fourth-order valence-corrected chi connectivity index (χ4v) is 3.77. The maximum absolute atomic E-state index is 12.5. The van der Waals surface area contributed by atoms with Crippen LogP contribution in [0.1, 0.15) is 28.8 Å². The van der Waals surface area contributed by atoms with Gasteiger partial charge in [-0.3, -0.25) is 29.8 Å². The molecule has 10 nitrogen and oxygen atoms in total. The number of hydrogen-bond donors (Lipinski definition) is 2. The highest BCUT2D eigenvalue weighted by Gasteiger charge is 2.34. The van der Waals surface area contributed by atoms with Gasteiger partial charge in [-0.25, -0.2) is 0 Å². The fourth-order valence-electron chi connectivity index (χ4n) is 3.46. The number of ether oxygens (including phenoxy) is 1. The van der Waals surface area contributed by atoms with Crippen molar-refractivity contribution in [2.45, 2.75) is 25.3 Å². The van der Waals surface area contributed by atoms with Crippen molar-refractivity contribution in [2.75, 3.05) is 19.7 Å². The lowest BCUT2D eigenvalue weighted by Gasteiger charge is -2.36. The summed E-state index contributed by atoms with van der Waals surface area (Å²) in [6, 6.07) is 13.9. The zero-order chi connectivity index (χ0) is 24.5. The molecule has 34 heavy (non-hydrogen) atoms. The molecule has 0 bridgehead atoms. The Hall–Kier alpha value is -3.86. The van der Waals surface area contributed by atoms with Crippen LogP contribution in [0.4, 0.5) is 5.69 Å². The molecular weight excluding hydrogens is 460 g/mol. The number of thiocarbonyl (C=S) groups is 1. The maximum atomic E-state index is 12.5. The van der Waals surface area contributed by atoms with E-state index < -0.39 is 22.8 Å². The quantitative estimate of drug-likeness (QED) is 0.191. The van der Waals surface area contributed by atoms with Gasteiger partial charge in [-0.1, -0.05) is 30.3 Å². The molecule has 2 N–H and O–H groups in total. The third-order valence-corrected chi connectivity index (χ3v) is 5.56. The van der Waals surface area contributed by atoms with Crippen LogP contribution in [0.25, 0.3) is 0 Å². The average molecular weight is 485 g/mol. The van der Waals surface area contributed by atoms with Crippen molar-refractivity contribution in [3.63, 3.8) is 0 Å². The van der Waals surface area contributed by atoms with Gasteiger partial charge in [-0.15, -0.1) is 0 Å². The Morgan fingerprint density at radius 2 is 1.88 bits per heavy atom. The molecular formula is C23H24N4O6S. The number of nitro groups is 1. The second-order valence-corrected chi connectivity index (χ2v) is 7.96. The minimum absolute atomic E-state index is 0.0138. The zero-order valence-corrected chi connectivity index (χ0v) is 19.1. The van der Waals surface area contributed by atoms with Gasteiger partial charge in [0, 0.05) is 30.8 Å². The molecule has 1 saturated heterocycles. The number of esters is 1. The number of nitrogens with zero attached hydrogens (tertiary/aromatic N) is 2. The number of nitro benzene ring substituents is 1. The van der Waals surface area contributed by atoms with Gasteiger partial charge in [-0.2, -0.15) is 0 Å². The first-order valence-electron chi connectivity index (χ1n) is 10.7. The topological polar surface area (TPSA) is 131 Å². The summed E-state index contributed by atoms with van der Waals surface area (Å²) in [5.74, 6) is -1.50. The Kier molecular flexibility index (Phi) is 8.63. The van der Waals surface area contributed by atoms with Crippen LogP contribution in [0.5, 0.6) is 0 Å². The summed E-state index contributed by atoms with van der Waals surface area (Å²) >= 11 is 5.31. The van der Waals surface area contributed by atoms with E-state index in [-0.39, 0.29) is 35.3 Å². The van der Waals surface area contributed by atoms with E-state index in [0.717, 1.165) is 12.0 Å². The second-order valence-electron chi connectivity index (χ2n) is 7.58. The lowest BCUT2D eigenvalue weighted by molar-refractivity contribution is -0.384. The van der Waals surface area contributed by atoms with E-state index in [9.17, 15) is 24.5 Å². The molecule has 1 aliphatic heterocycles. The lowest BCUT2D eigenvalue weighted by atomic mass is 10.1. The highest BCUT2D eigenvalue weighted by atomic mass is 32.1. The smallest absolute Gasteiger partial charge is 0.308 e. The van der Waals surface area contributed by atoms with Crippen LogP contribution < -0.4 is 10.6 Å². The molecule has 0 spiro atoms. The number of non-ortho nitro benzene ring substituents is 1. The highest BCUT2D eigenvalue weighted by molar-refractivity contribution is 7.80. The van der Waals surface area contributed by atoms with Gasteiger partial charge in [0.1, 0.15) is 6.04 Å². The van der Waals surface area contributed by atoms with Gasteiger partial charge < -0.3 is 15.0 Å². The molecule has 178 valence electrons. The van der Waals surface area contributed by atoms with Crippen LogP contribution in [0, 0.1) is 10.1 Å². The predicted molar refractivity (Wildman–Crippen MR) is 127 cm³/mol. The fraction of sp³-hybridized carbons (Fsp3) is 0.304. The molecule has 0 radical (unpaired) electrons. The molecule has 11 heteroatoms. The van der Waals surface area contributed by atoms with Gasteiger partial charge in [0.15, 0.2) is 5.11 Å². The second kappa shape index (κ2) is 11.8. The van der Waals surface area contributed by atoms with Crippen molar-refractivity contribution < 1.29 is 24.0 Å². The van der Waals surface area contributed by atoms with Gasteiger partial charge in [-0.05, 0) is 42.8 Å². The van der Waals surface area contributed by atoms with Gasteiger partial charge >= 0.3 is 5.97 Å². The maximum Gasteiger partial charge on any atom is 0.308 e. The third kappa shape index (κ3) is 6.82. The van der Waals surface area contributed by atoms with E-state index in [0.29, 0.717) is 19.5 Å². The summed E-state index contributed by atoms with van der Waals surface area (Å²) in [5.41, 5.74) is 1.17. The summed E-state index contributed by atoms with van der Waals surface area (Å²) in [6.45, 7) is 0.829. The molecule has 1 aliphatic rings. The summed E-state index contributed by atoms with van der Waals surface area (Å²) in [4.78, 5) is 48.9. The van der Waals surface area contributed by atoms with Crippen molar-refractivity contribution in [1.29, 1.82) is 0 Å². The number of benzene rings is 2. The van der Waals surface area contributed by atoms with Crippen LogP contribution in [0.15, 0.2) is 54.6 Å². The van der Waals surface area contributed by atoms with Crippen molar-refractivity contribution in [2.24, 2.45) is 0 Å². The number of piperazine rings is 1. The molecule has 1 fully saturated rings. The first-order chi connectivity index (χ1) is 16.3. The van der Waals surface area contributed by atoms with E-state index >= 15 is 0 Å². The molecule has 0 saturated carbocycles. The third-order valence-electron chi connectivity index (χ3n) is 5.23. The summed E-state index contributed by atoms with van der Waals surface area (Å²) in [5, 5.41) is 16.0. The Labute approximate surface area is 201 Å². The van der Waals surface area contributed by atoms with Crippen LogP contribution in [0.2, 0.25) is 0 Å². The van der Waals surface area contributed by atoms with E-state index in [1.165, 1.54) is 29.2 Å². The van der Waals surface area contributed by atoms with Crippen LogP contribution in [0.3, 0.4) is 0 Å².